The smallest absolute Gasteiger partial charge is 0.232 e. The maximum absolute atomic E-state index is 12.8. The fourth-order valence-corrected chi connectivity index (χ4v) is 3.68. The first-order valence-corrected chi connectivity index (χ1v) is 8.10. The fraction of sp³-hybridized carbons (Fsp3) is 0.588. The van der Waals surface area contributed by atoms with Gasteiger partial charge in [-0.3, -0.25) is 4.79 Å². The van der Waals surface area contributed by atoms with Crippen LogP contribution in [0.3, 0.4) is 0 Å². The molecule has 2 aliphatic rings. The fourth-order valence-electron chi connectivity index (χ4n) is 3.55. The number of benzene rings is 1. The highest BCUT2D eigenvalue weighted by atomic mass is 35.5. The van der Waals surface area contributed by atoms with E-state index in [0.717, 1.165) is 37.7 Å². The predicted octanol–water partition coefficient (Wildman–Crippen LogP) is 2.99. The molecule has 21 heavy (non-hydrogen) atoms. The van der Waals surface area contributed by atoms with Crippen molar-refractivity contribution in [2.24, 2.45) is 5.92 Å². The molecule has 2 aliphatic carbocycles. The highest BCUT2D eigenvalue weighted by molar-refractivity contribution is 6.30. The largest absolute Gasteiger partial charge is 0.393 e. The van der Waals surface area contributed by atoms with E-state index >= 15 is 0 Å². The minimum atomic E-state index is -0.344. The van der Waals surface area contributed by atoms with Gasteiger partial charge in [0.05, 0.1) is 11.5 Å². The summed E-state index contributed by atoms with van der Waals surface area (Å²) < 4.78 is 0. The number of hydrogen-bond acceptors (Lipinski definition) is 2. The summed E-state index contributed by atoms with van der Waals surface area (Å²) in [5.74, 6) is 0.420. The Morgan fingerprint density at radius 1 is 1.33 bits per heavy atom. The van der Waals surface area contributed by atoms with Gasteiger partial charge < -0.3 is 10.0 Å². The summed E-state index contributed by atoms with van der Waals surface area (Å²) in [4.78, 5) is 14.6. The first-order valence-electron chi connectivity index (χ1n) is 7.72. The number of hydrogen-bond donors (Lipinski definition) is 1. The molecule has 1 amide bonds. The molecule has 0 radical (unpaired) electrons. The third-order valence-corrected chi connectivity index (χ3v) is 5.28. The molecule has 2 unspecified atom stereocenters. The van der Waals surface area contributed by atoms with Crippen LogP contribution in [-0.4, -0.2) is 35.6 Å². The van der Waals surface area contributed by atoms with Crippen molar-refractivity contribution >= 4 is 17.5 Å². The van der Waals surface area contributed by atoms with Gasteiger partial charge in [0.2, 0.25) is 5.91 Å². The van der Waals surface area contributed by atoms with Crippen molar-refractivity contribution in [2.75, 3.05) is 13.6 Å². The molecule has 0 bridgehead atoms. The Morgan fingerprint density at radius 3 is 2.52 bits per heavy atom. The molecule has 1 aromatic carbocycles. The van der Waals surface area contributed by atoms with Crippen LogP contribution in [0.1, 0.15) is 37.7 Å². The number of aliphatic hydroxyl groups excluding tert-OH is 1. The van der Waals surface area contributed by atoms with Crippen molar-refractivity contribution in [1.82, 2.24) is 4.90 Å². The van der Waals surface area contributed by atoms with E-state index in [9.17, 15) is 9.90 Å². The van der Waals surface area contributed by atoms with Crippen molar-refractivity contribution in [3.05, 3.63) is 34.9 Å². The third-order valence-electron chi connectivity index (χ3n) is 5.03. The van der Waals surface area contributed by atoms with Crippen LogP contribution in [0.4, 0.5) is 0 Å². The summed E-state index contributed by atoms with van der Waals surface area (Å²) in [5, 5.41) is 10.6. The molecule has 0 heterocycles. The summed E-state index contributed by atoms with van der Waals surface area (Å²) >= 11 is 5.93. The van der Waals surface area contributed by atoms with Crippen LogP contribution in [-0.2, 0) is 10.2 Å². The average Bonchev–Trinajstić information content (AvgIpc) is 3.19. The van der Waals surface area contributed by atoms with E-state index in [1.54, 1.807) is 0 Å². The van der Waals surface area contributed by atoms with Gasteiger partial charge in [0.15, 0.2) is 0 Å². The molecule has 2 atom stereocenters. The summed E-state index contributed by atoms with van der Waals surface area (Å²) in [6, 6.07) is 7.63. The number of amides is 1. The highest BCUT2D eigenvalue weighted by Gasteiger charge is 2.52. The van der Waals surface area contributed by atoms with Crippen molar-refractivity contribution in [1.29, 1.82) is 0 Å². The Kier molecular flexibility index (Phi) is 3.98. The highest BCUT2D eigenvalue weighted by Crippen LogP contribution is 2.49. The van der Waals surface area contributed by atoms with Gasteiger partial charge in [-0.25, -0.2) is 0 Å². The van der Waals surface area contributed by atoms with Gasteiger partial charge in [-0.05, 0) is 43.4 Å². The number of rotatable bonds is 4. The number of halogens is 1. The van der Waals surface area contributed by atoms with Gasteiger partial charge in [0.1, 0.15) is 0 Å². The van der Waals surface area contributed by atoms with Crippen LogP contribution in [0.5, 0.6) is 0 Å². The van der Waals surface area contributed by atoms with Crippen molar-refractivity contribution < 1.29 is 9.90 Å². The molecule has 1 aromatic rings. The predicted molar refractivity (Wildman–Crippen MR) is 83.3 cm³/mol. The minimum absolute atomic E-state index is 0.184. The summed E-state index contributed by atoms with van der Waals surface area (Å²) in [7, 11) is 1.86. The monoisotopic (exact) mass is 307 g/mol. The number of carbonyl (C=O) groups excluding carboxylic acids is 1. The topological polar surface area (TPSA) is 40.5 Å². The van der Waals surface area contributed by atoms with Gasteiger partial charge in [0.25, 0.3) is 0 Å². The first kappa shape index (κ1) is 14.9. The number of nitrogens with zero attached hydrogens (tertiary/aromatic N) is 1. The van der Waals surface area contributed by atoms with Crippen LogP contribution >= 0.6 is 11.6 Å². The molecular weight excluding hydrogens is 286 g/mol. The molecule has 2 fully saturated rings. The SMILES string of the molecule is CN(CC1CCCC1O)C(=O)C1(c2ccc(Cl)cc2)CC1. The van der Waals surface area contributed by atoms with Gasteiger partial charge in [-0.1, -0.05) is 30.2 Å². The second kappa shape index (κ2) is 5.62. The van der Waals surface area contributed by atoms with E-state index in [1.807, 2.05) is 36.2 Å². The van der Waals surface area contributed by atoms with Gasteiger partial charge in [-0.15, -0.1) is 0 Å². The van der Waals surface area contributed by atoms with Gasteiger partial charge in [-0.2, -0.15) is 0 Å². The Morgan fingerprint density at radius 2 is 2.00 bits per heavy atom. The van der Waals surface area contributed by atoms with Crippen LogP contribution in [0, 0.1) is 5.92 Å². The van der Waals surface area contributed by atoms with Crippen LogP contribution in [0.2, 0.25) is 5.02 Å². The van der Waals surface area contributed by atoms with E-state index in [4.69, 9.17) is 11.6 Å². The first-order chi connectivity index (χ1) is 10.0. The molecule has 114 valence electrons. The molecular formula is C17H22ClNO2. The zero-order valence-electron chi connectivity index (χ0n) is 12.4. The Labute approximate surface area is 130 Å². The number of likely N-dealkylation sites (N-methyl/N-ethyl adjacent to an activating group) is 1. The van der Waals surface area contributed by atoms with Crippen LogP contribution in [0.25, 0.3) is 0 Å². The van der Waals surface area contributed by atoms with Crippen molar-refractivity contribution in [2.45, 2.75) is 43.6 Å². The van der Waals surface area contributed by atoms with E-state index in [1.165, 1.54) is 0 Å². The van der Waals surface area contributed by atoms with Crippen molar-refractivity contribution in [3.63, 3.8) is 0 Å². The molecule has 1 N–H and O–H groups in total. The van der Waals surface area contributed by atoms with Crippen LogP contribution in [0.15, 0.2) is 24.3 Å². The van der Waals surface area contributed by atoms with Crippen LogP contribution < -0.4 is 0 Å². The minimum Gasteiger partial charge on any atom is -0.393 e. The molecule has 3 rings (SSSR count). The van der Waals surface area contributed by atoms with Crippen molar-refractivity contribution in [3.8, 4) is 0 Å². The molecule has 0 saturated heterocycles. The van der Waals surface area contributed by atoms with E-state index in [-0.39, 0.29) is 23.3 Å². The van der Waals surface area contributed by atoms with E-state index < -0.39 is 0 Å². The summed E-state index contributed by atoms with van der Waals surface area (Å²) in [5.41, 5.74) is 0.721. The zero-order chi connectivity index (χ0) is 15.0. The number of carbonyl (C=O) groups is 1. The lowest BCUT2D eigenvalue weighted by molar-refractivity contribution is -0.133. The quantitative estimate of drug-likeness (QED) is 0.929. The molecule has 0 spiro atoms. The Hall–Kier alpha value is -1.06. The maximum Gasteiger partial charge on any atom is 0.232 e. The van der Waals surface area contributed by atoms with E-state index in [0.29, 0.717) is 11.6 Å². The molecule has 0 aromatic heterocycles. The maximum atomic E-state index is 12.8. The van der Waals surface area contributed by atoms with Gasteiger partial charge >= 0.3 is 0 Å². The Bertz CT molecular complexity index is 524. The standard InChI is InChI=1S/C17H22ClNO2/c1-19(11-12-3-2-4-15(12)20)16(21)17(9-10-17)13-5-7-14(18)8-6-13/h5-8,12,15,20H,2-4,9-11H2,1H3. The summed E-state index contributed by atoms with van der Waals surface area (Å²) in [6.45, 7) is 0.662. The molecule has 2 saturated carbocycles. The normalized spacial score (nSPS) is 26.6. The molecule has 0 aliphatic heterocycles. The molecule has 3 nitrogen and oxygen atoms in total. The Balaban J connectivity index is 1.70. The lowest BCUT2D eigenvalue weighted by atomic mass is 9.94. The molecule has 4 heteroatoms. The lowest BCUT2D eigenvalue weighted by Crippen LogP contribution is -2.40. The van der Waals surface area contributed by atoms with E-state index in [2.05, 4.69) is 0 Å². The second-order valence-electron chi connectivity index (χ2n) is 6.53. The average molecular weight is 308 g/mol. The third kappa shape index (κ3) is 2.82. The zero-order valence-corrected chi connectivity index (χ0v) is 13.1. The lowest BCUT2D eigenvalue weighted by Gasteiger charge is -2.27. The second-order valence-corrected chi connectivity index (χ2v) is 6.97. The summed E-state index contributed by atoms with van der Waals surface area (Å²) in [6.07, 6.45) is 4.53. The van der Waals surface area contributed by atoms with Gasteiger partial charge in [0, 0.05) is 24.5 Å². The number of aliphatic hydroxyl groups is 1.